The van der Waals surface area contributed by atoms with Crippen molar-refractivity contribution in [2.45, 2.75) is 25.8 Å². The predicted molar refractivity (Wildman–Crippen MR) is 74.3 cm³/mol. The van der Waals surface area contributed by atoms with Gasteiger partial charge in [0.15, 0.2) is 0 Å². The van der Waals surface area contributed by atoms with Crippen LogP contribution in [0.1, 0.15) is 19.4 Å². The van der Waals surface area contributed by atoms with Crippen LogP contribution in [0.4, 0.5) is 0 Å². The summed E-state index contributed by atoms with van der Waals surface area (Å²) < 4.78 is 5.89. The highest BCUT2D eigenvalue weighted by Gasteiger charge is 2.30. The van der Waals surface area contributed by atoms with Gasteiger partial charge >= 0.3 is 5.97 Å². The van der Waals surface area contributed by atoms with Crippen molar-refractivity contribution >= 4 is 34.3 Å². The fourth-order valence-corrected chi connectivity index (χ4v) is 1.83. The molecule has 96 valence electrons. The Labute approximate surface area is 116 Å². The second kappa shape index (κ2) is 6.99. The van der Waals surface area contributed by atoms with Crippen LogP contribution in [0.5, 0.6) is 0 Å². The summed E-state index contributed by atoms with van der Waals surface area (Å²) in [6.07, 6.45) is 0.452. The Kier molecular flexibility index (Phi) is 6.75. The molecule has 0 aliphatic heterocycles. The van der Waals surface area contributed by atoms with Crippen LogP contribution in [0.3, 0.4) is 0 Å². The summed E-state index contributed by atoms with van der Waals surface area (Å²) in [5.74, 6) is -0.370. The van der Waals surface area contributed by atoms with Gasteiger partial charge in [-0.25, -0.2) is 0 Å². The molecule has 5 heteroatoms. The SMILES string of the molecule is CCOC(=O)C(C)(N)Cc1ccccc1Br.Cl. The van der Waals surface area contributed by atoms with Crippen molar-refractivity contribution in [2.24, 2.45) is 5.73 Å². The van der Waals surface area contributed by atoms with E-state index in [0.717, 1.165) is 10.0 Å². The minimum absolute atomic E-state index is 0. The molecular formula is C12H17BrClNO2. The van der Waals surface area contributed by atoms with Crippen LogP contribution in [-0.2, 0) is 16.0 Å². The first-order chi connectivity index (χ1) is 7.47. The Morgan fingerprint density at radius 1 is 1.47 bits per heavy atom. The first-order valence-electron chi connectivity index (χ1n) is 5.17. The number of benzene rings is 1. The highest BCUT2D eigenvalue weighted by atomic mass is 79.9. The van der Waals surface area contributed by atoms with E-state index in [-0.39, 0.29) is 18.4 Å². The fourth-order valence-electron chi connectivity index (χ4n) is 1.41. The molecule has 0 amide bonds. The molecule has 0 saturated carbocycles. The van der Waals surface area contributed by atoms with Crippen LogP contribution in [0.2, 0.25) is 0 Å². The summed E-state index contributed by atoms with van der Waals surface area (Å²) in [4.78, 5) is 11.6. The second-order valence-electron chi connectivity index (χ2n) is 3.91. The molecule has 0 fully saturated rings. The van der Waals surface area contributed by atoms with E-state index in [1.807, 2.05) is 24.3 Å². The number of ether oxygens (including phenoxy) is 1. The Morgan fingerprint density at radius 2 is 2.06 bits per heavy atom. The van der Waals surface area contributed by atoms with Gasteiger partial charge in [-0.1, -0.05) is 34.1 Å². The molecule has 0 aromatic heterocycles. The van der Waals surface area contributed by atoms with Crippen LogP contribution in [-0.4, -0.2) is 18.1 Å². The third-order valence-corrected chi connectivity index (χ3v) is 3.03. The van der Waals surface area contributed by atoms with Crippen molar-refractivity contribution in [2.75, 3.05) is 6.61 Å². The lowest BCUT2D eigenvalue weighted by Crippen LogP contribution is -2.48. The molecule has 2 N–H and O–H groups in total. The standard InChI is InChI=1S/C12H16BrNO2.ClH/c1-3-16-11(15)12(2,14)8-9-6-4-5-7-10(9)13;/h4-7H,3,8,14H2,1-2H3;1H. The molecule has 0 bridgehead atoms. The minimum atomic E-state index is -0.986. The van der Waals surface area contributed by atoms with Gasteiger partial charge in [0.2, 0.25) is 0 Å². The average molecular weight is 323 g/mol. The van der Waals surface area contributed by atoms with Crippen molar-refractivity contribution in [3.8, 4) is 0 Å². The average Bonchev–Trinajstić information content (AvgIpc) is 2.21. The molecule has 1 unspecified atom stereocenters. The molecular weight excluding hydrogens is 305 g/mol. The van der Waals surface area contributed by atoms with E-state index in [1.54, 1.807) is 13.8 Å². The summed E-state index contributed by atoms with van der Waals surface area (Å²) in [6.45, 7) is 3.80. The van der Waals surface area contributed by atoms with Crippen LogP contribution < -0.4 is 5.73 Å². The van der Waals surface area contributed by atoms with E-state index < -0.39 is 5.54 Å². The van der Waals surface area contributed by atoms with Gasteiger partial charge in [-0.2, -0.15) is 0 Å². The predicted octanol–water partition coefficient (Wildman–Crippen LogP) is 2.69. The zero-order valence-electron chi connectivity index (χ0n) is 9.90. The van der Waals surface area contributed by atoms with Crippen molar-refractivity contribution in [1.82, 2.24) is 0 Å². The second-order valence-corrected chi connectivity index (χ2v) is 4.76. The quantitative estimate of drug-likeness (QED) is 0.867. The van der Waals surface area contributed by atoms with Crippen molar-refractivity contribution in [3.05, 3.63) is 34.3 Å². The topological polar surface area (TPSA) is 52.3 Å². The largest absolute Gasteiger partial charge is 0.465 e. The Balaban J connectivity index is 0.00000256. The Morgan fingerprint density at radius 3 is 2.59 bits per heavy atom. The highest BCUT2D eigenvalue weighted by molar-refractivity contribution is 9.10. The number of halogens is 2. The molecule has 0 aliphatic rings. The third-order valence-electron chi connectivity index (χ3n) is 2.26. The van der Waals surface area contributed by atoms with Crippen molar-refractivity contribution in [3.63, 3.8) is 0 Å². The molecule has 17 heavy (non-hydrogen) atoms. The Hall–Kier alpha value is -0.580. The first-order valence-corrected chi connectivity index (χ1v) is 5.96. The van der Waals surface area contributed by atoms with Gasteiger partial charge in [0.05, 0.1) is 6.61 Å². The van der Waals surface area contributed by atoms with Gasteiger partial charge in [0, 0.05) is 10.9 Å². The minimum Gasteiger partial charge on any atom is -0.465 e. The van der Waals surface area contributed by atoms with Gasteiger partial charge in [-0.15, -0.1) is 12.4 Å². The number of carbonyl (C=O) groups excluding carboxylic acids is 1. The lowest BCUT2D eigenvalue weighted by Gasteiger charge is -2.22. The normalized spacial score (nSPS) is 13.4. The van der Waals surface area contributed by atoms with Gasteiger partial charge in [-0.05, 0) is 25.5 Å². The molecule has 0 heterocycles. The number of carbonyl (C=O) groups is 1. The molecule has 1 aromatic carbocycles. The van der Waals surface area contributed by atoms with E-state index in [9.17, 15) is 4.79 Å². The maximum atomic E-state index is 11.6. The molecule has 0 radical (unpaired) electrons. The molecule has 1 aromatic rings. The molecule has 0 spiro atoms. The summed E-state index contributed by atoms with van der Waals surface area (Å²) in [5.41, 5.74) is 5.97. The monoisotopic (exact) mass is 321 g/mol. The van der Waals surface area contributed by atoms with E-state index >= 15 is 0 Å². The van der Waals surface area contributed by atoms with Crippen LogP contribution in [0.15, 0.2) is 28.7 Å². The maximum absolute atomic E-state index is 11.6. The van der Waals surface area contributed by atoms with E-state index in [0.29, 0.717) is 13.0 Å². The highest BCUT2D eigenvalue weighted by Crippen LogP contribution is 2.21. The maximum Gasteiger partial charge on any atom is 0.326 e. The summed E-state index contributed by atoms with van der Waals surface area (Å²) in [6, 6.07) is 7.71. The van der Waals surface area contributed by atoms with Crippen molar-refractivity contribution < 1.29 is 9.53 Å². The van der Waals surface area contributed by atoms with Crippen LogP contribution in [0.25, 0.3) is 0 Å². The lowest BCUT2D eigenvalue weighted by atomic mass is 9.94. The van der Waals surface area contributed by atoms with Gasteiger partial charge in [0.1, 0.15) is 5.54 Å². The summed E-state index contributed by atoms with van der Waals surface area (Å²) in [5, 5.41) is 0. The molecule has 0 aliphatic carbocycles. The number of nitrogens with two attached hydrogens (primary N) is 1. The fraction of sp³-hybridized carbons (Fsp3) is 0.417. The number of esters is 1. The van der Waals surface area contributed by atoms with E-state index in [1.165, 1.54) is 0 Å². The number of hydrogen-bond donors (Lipinski definition) is 1. The first kappa shape index (κ1) is 16.4. The van der Waals surface area contributed by atoms with E-state index in [2.05, 4.69) is 15.9 Å². The number of rotatable bonds is 4. The zero-order chi connectivity index (χ0) is 12.2. The summed E-state index contributed by atoms with van der Waals surface area (Å²) >= 11 is 3.43. The van der Waals surface area contributed by atoms with Crippen LogP contribution in [0, 0.1) is 0 Å². The van der Waals surface area contributed by atoms with Gasteiger partial charge in [-0.3, -0.25) is 4.79 Å². The molecule has 0 saturated heterocycles. The molecule has 1 atom stereocenters. The van der Waals surface area contributed by atoms with Crippen molar-refractivity contribution in [1.29, 1.82) is 0 Å². The lowest BCUT2D eigenvalue weighted by molar-refractivity contribution is -0.148. The zero-order valence-corrected chi connectivity index (χ0v) is 12.3. The van der Waals surface area contributed by atoms with Gasteiger partial charge < -0.3 is 10.5 Å². The smallest absolute Gasteiger partial charge is 0.326 e. The number of hydrogen-bond acceptors (Lipinski definition) is 3. The van der Waals surface area contributed by atoms with E-state index in [4.69, 9.17) is 10.5 Å². The Bertz CT molecular complexity index is 383. The third kappa shape index (κ3) is 4.66. The van der Waals surface area contributed by atoms with Crippen LogP contribution >= 0.6 is 28.3 Å². The molecule has 1 rings (SSSR count). The summed E-state index contributed by atoms with van der Waals surface area (Å²) in [7, 11) is 0. The molecule has 3 nitrogen and oxygen atoms in total. The van der Waals surface area contributed by atoms with Gasteiger partial charge in [0.25, 0.3) is 0 Å².